The second kappa shape index (κ2) is 8.71. The number of benzene rings is 2. The number of aromatic amines is 1. The van der Waals surface area contributed by atoms with Gasteiger partial charge in [-0.2, -0.15) is 0 Å². The minimum atomic E-state index is -0.0174. The van der Waals surface area contributed by atoms with Gasteiger partial charge in [0.1, 0.15) is 5.82 Å². The Kier molecular flexibility index (Phi) is 5.68. The third-order valence-corrected chi connectivity index (χ3v) is 5.38. The van der Waals surface area contributed by atoms with E-state index in [0.717, 1.165) is 33.2 Å². The Morgan fingerprint density at radius 2 is 1.89 bits per heavy atom. The lowest BCUT2D eigenvalue weighted by Gasteiger charge is -2.06. The van der Waals surface area contributed by atoms with Gasteiger partial charge in [0.15, 0.2) is 0 Å². The number of aryl methyl sites for hydroxylation is 1. The number of hydrogen-bond donors (Lipinski definition) is 2. The number of carbonyl (C=O) groups is 1. The summed E-state index contributed by atoms with van der Waals surface area (Å²) in [6.45, 7) is 0. The summed E-state index contributed by atoms with van der Waals surface area (Å²) in [7, 11) is 0. The van der Waals surface area contributed by atoms with Crippen LogP contribution in [0.25, 0.3) is 11.0 Å². The number of fused-ring (bicyclic) bond motifs is 1. The first-order valence-electron chi connectivity index (χ1n) is 9.11. The van der Waals surface area contributed by atoms with Crippen molar-refractivity contribution >= 4 is 34.4 Å². The van der Waals surface area contributed by atoms with E-state index in [1.165, 1.54) is 5.56 Å². The molecule has 6 heteroatoms. The third-order valence-electron chi connectivity index (χ3n) is 4.29. The van der Waals surface area contributed by atoms with Gasteiger partial charge in [-0.05, 0) is 48.0 Å². The second-order valence-electron chi connectivity index (χ2n) is 6.42. The van der Waals surface area contributed by atoms with Crippen LogP contribution in [0, 0.1) is 0 Å². The Morgan fingerprint density at radius 3 is 2.68 bits per heavy atom. The number of anilines is 1. The molecular formula is C22H20N4OS. The minimum Gasteiger partial charge on any atom is -0.342 e. The predicted molar refractivity (Wildman–Crippen MR) is 113 cm³/mol. The lowest BCUT2D eigenvalue weighted by Crippen LogP contribution is -2.12. The van der Waals surface area contributed by atoms with Crippen LogP contribution >= 0.6 is 11.8 Å². The smallest absolute Gasteiger partial charge is 0.224 e. The normalized spacial score (nSPS) is 10.9. The lowest BCUT2D eigenvalue weighted by atomic mass is 10.2. The summed E-state index contributed by atoms with van der Waals surface area (Å²) in [6.07, 6.45) is 4.63. The molecule has 5 nitrogen and oxygen atoms in total. The van der Waals surface area contributed by atoms with Crippen molar-refractivity contribution < 1.29 is 4.79 Å². The van der Waals surface area contributed by atoms with Crippen molar-refractivity contribution in [2.45, 2.75) is 23.5 Å². The highest BCUT2D eigenvalue weighted by Crippen LogP contribution is 2.24. The molecule has 0 aliphatic heterocycles. The van der Waals surface area contributed by atoms with Crippen molar-refractivity contribution in [2.24, 2.45) is 0 Å². The quantitative estimate of drug-likeness (QED) is 0.445. The van der Waals surface area contributed by atoms with Gasteiger partial charge >= 0.3 is 0 Å². The Bertz CT molecular complexity index is 1030. The van der Waals surface area contributed by atoms with Crippen molar-refractivity contribution in [1.29, 1.82) is 0 Å². The molecule has 0 saturated heterocycles. The maximum Gasteiger partial charge on any atom is 0.224 e. The highest BCUT2D eigenvalue weighted by atomic mass is 32.2. The van der Waals surface area contributed by atoms with Gasteiger partial charge in [-0.25, -0.2) is 4.98 Å². The number of para-hydroxylation sites is 2. The summed E-state index contributed by atoms with van der Waals surface area (Å²) in [5.74, 6) is 1.69. The molecule has 0 spiro atoms. The average Bonchev–Trinajstić information content (AvgIpc) is 3.16. The molecule has 2 heterocycles. The lowest BCUT2D eigenvalue weighted by molar-refractivity contribution is -0.116. The molecule has 0 aliphatic carbocycles. The fraction of sp³-hybridized carbons (Fsp3) is 0.136. The van der Waals surface area contributed by atoms with E-state index in [1.54, 1.807) is 18.0 Å². The topological polar surface area (TPSA) is 70.7 Å². The number of amides is 1. The zero-order valence-electron chi connectivity index (χ0n) is 15.3. The summed E-state index contributed by atoms with van der Waals surface area (Å²) in [6, 6.07) is 19.8. The van der Waals surface area contributed by atoms with Crippen molar-refractivity contribution in [3.63, 3.8) is 0 Å². The Morgan fingerprint density at radius 1 is 1.04 bits per heavy atom. The maximum atomic E-state index is 12.2. The monoisotopic (exact) mass is 388 g/mol. The van der Waals surface area contributed by atoms with Crippen LogP contribution in [0.2, 0.25) is 0 Å². The largest absolute Gasteiger partial charge is 0.342 e. The molecule has 0 radical (unpaired) electrons. The first-order chi connectivity index (χ1) is 13.8. The van der Waals surface area contributed by atoms with E-state index in [1.807, 2.05) is 60.8 Å². The number of nitrogens with zero attached hydrogens (tertiary/aromatic N) is 2. The summed E-state index contributed by atoms with van der Waals surface area (Å²) in [4.78, 5) is 25.3. The van der Waals surface area contributed by atoms with Gasteiger partial charge in [-0.15, -0.1) is 11.8 Å². The summed E-state index contributed by atoms with van der Waals surface area (Å²) in [5.41, 5.74) is 3.92. The Hall–Kier alpha value is -3.12. The number of pyridine rings is 1. The molecule has 4 rings (SSSR count). The SMILES string of the molecule is O=C(CCc1nc2ccccc2[nH]1)Nc1ccc(SCc2cccnc2)cc1. The summed E-state index contributed by atoms with van der Waals surface area (Å²) < 4.78 is 0. The van der Waals surface area contributed by atoms with Crippen LogP contribution in [0.1, 0.15) is 17.8 Å². The van der Waals surface area contributed by atoms with Crippen LogP contribution in [-0.2, 0) is 17.0 Å². The molecule has 28 heavy (non-hydrogen) atoms. The molecule has 2 aromatic carbocycles. The van der Waals surface area contributed by atoms with E-state index in [0.29, 0.717) is 12.8 Å². The molecule has 1 amide bonds. The molecule has 140 valence electrons. The van der Waals surface area contributed by atoms with E-state index in [4.69, 9.17) is 0 Å². The summed E-state index contributed by atoms with van der Waals surface area (Å²) in [5, 5.41) is 2.95. The number of H-pyrrole nitrogens is 1. The fourth-order valence-corrected chi connectivity index (χ4v) is 3.70. The van der Waals surface area contributed by atoms with E-state index in [2.05, 4.69) is 26.3 Å². The van der Waals surface area contributed by atoms with E-state index < -0.39 is 0 Å². The van der Waals surface area contributed by atoms with Gasteiger partial charge in [0, 0.05) is 41.6 Å². The maximum absolute atomic E-state index is 12.2. The van der Waals surface area contributed by atoms with Gasteiger partial charge in [0.25, 0.3) is 0 Å². The minimum absolute atomic E-state index is 0.0174. The van der Waals surface area contributed by atoms with Gasteiger partial charge in [0.2, 0.25) is 5.91 Å². The number of hydrogen-bond acceptors (Lipinski definition) is 4. The van der Waals surface area contributed by atoms with Gasteiger partial charge < -0.3 is 10.3 Å². The summed E-state index contributed by atoms with van der Waals surface area (Å²) >= 11 is 1.75. The van der Waals surface area contributed by atoms with Crippen molar-refractivity contribution in [3.8, 4) is 0 Å². The standard InChI is InChI=1S/C22H20N4OS/c27-22(12-11-21-25-19-5-1-2-6-20(19)26-21)24-17-7-9-18(10-8-17)28-15-16-4-3-13-23-14-16/h1-10,13-14H,11-12,15H2,(H,24,27)(H,25,26). The molecule has 4 aromatic rings. The number of carbonyl (C=O) groups excluding carboxylic acids is 1. The van der Waals surface area contributed by atoms with Gasteiger partial charge in [-0.1, -0.05) is 18.2 Å². The first-order valence-corrected chi connectivity index (χ1v) is 10.1. The average molecular weight is 388 g/mol. The predicted octanol–water partition coefficient (Wildman–Crippen LogP) is 4.82. The van der Waals surface area contributed by atoms with Crippen LogP contribution in [0.4, 0.5) is 5.69 Å². The third kappa shape index (κ3) is 4.78. The fourth-order valence-electron chi connectivity index (χ4n) is 2.86. The Balaban J connectivity index is 1.27. The van der Waals surface area contributed by atoms with Crippen LogP contribution in [-0.4, -0.2) is 20.9 Å². The highest BCUT2D eigenvalue weighted by Gasteiger charge is 2.07. The van der Waals surface area contributed by atoms with Gasteiger partial charge in [-0.3, -0.25) is 9.78 Å². The van der Waals surface area contributed by atoms with E-state index >= 15 is 0 Å². The molecule has 0 fully saturated rings. The molecule has 0 atom stereocenters. The van der Waals surface area contributed by atoms with Crippen LogP contribution in [0.3, 0.4) is 0 Å². The van der Waals surface area contributed by atoms with Crippen molar-refractivity contribution in [1.82, 2.24) is 15.0 Å². The molecule has 0 saturated carbocycles. The molecule has 0 bridgehead atoms. The molecule has 2 aromatic heterocycles. The zero-order valence-corrected chi connectivity index (χ0v) is 16.1. The van der Waals surface area contributed by atoms with E-state index in [9.17, 15) is 4.79 Å². The molecule has 0 aliphatic rings. The number of thioether (sulfide) groups is 1. The van der Waals surface area contributed by atoms with Crippen LogP contribution in [0.15, 0.2) is 78.0 Å². The van der Waals surface area contributed by atoms with Gasteiger partial charge in [0.05, 0.1) is 11.0 Å². The van der Waals surface area contributed by atoms with E-state index in [-0.39, 0.29) is 5.91 Å². The van der Waals surface area contributed by atoms with Crippen molar-refractivity contribution in [3.05, 3.63) is 84.4 Å². The second-order valence-corrected chi connectivity index (χ2v) is 7.47. The van der Waals surface area contributed by atoms with Crippen molar-refractivity contribution in [2.75, 3.05) is 5.32 Å². The molecule has 0 unspecified atom stereocenters. The highest BCUT2D eigenvalue weighted by molar-refractivity contribution is 7.98. The first kappa shape index (κ1) is 18.3. The number of nitrogens with one attached hydrogen (secondary N) is 2. The molecular weight excluding hydrogens is 368 g/mol. The molecule has 2 N–H and O–H groups in total. The van der Waals surface area contributed by atoms with Crippen LogP contribution in [0.5, 0.6) is 0 Å². The number of imidazole rings is 1. The zero-order chi connectivity index (χ0) is 19.2. The van der Waals surface area contributed by atoms with Crippen LogP contribution < -0.4 is 5.32 Å². The Labute approximate surface area is 167 Å². The number of rotatable bonds is 7. The number of aromatic nitrogens is 3.